The van der Waals surface area contributed by atoms with Crippen LogP contribution in [-0.4, -0.2) is 33.2 Å². The quantitative estimate of drug-likeness (QED) is 0.708. The lowest BCUT2D eigenvalue weighted by Crippen LogP contribution is -2.30. The van der Waals surface area contributed by atoms with Crippen molar-refractivity contribution < 1.29 is 9.90 Å². The number of phenolic OH excluding ortho intramolecular Hbond substituents is 1. The molecule has 0 bridgehead atoms. The van der Waals surface area contributed by atoms with Crippen LogP contribution in [0.5, 0.6) is 5.75 Å². The number of carbonyl (C=O) groups excluding carboxylic acids is 1. The second-order valence-electron chi connectivity index (χ2n) is 6.43. The van der Waals surface area contributed by atoms with Gasteiger partial charge in [-0.15, -0.1) is 0 Å². The Kier molecular flexibility index (Phi) is 5.37. The molecule has 0 aliphatic carbocycles. The highest BCUT2D eigenvalue weighted by atomic mass is 16.3. The topological polar surface area (TPSA) is 69.2 Å². The fraction of sp³-hybridized carbons (Fsp3) is 0.238. The summed E-state index contributed by atoms with van der Waals surface area (Å²) in [6.45, 7) is 1.98. The monoisotopic (exact) mass is 349 g/mol. The molecule has 0 fully saturated rings. The fourth-order valence-electron chi connectivity index (χ4n) is 2.87. The van der Waals surface area contributed by atoms with Crippen molar-refractivity contribution in [3.8, 4) is 17.0 Å². The number of H-pyrrole nitrogens is 1. The van der Waals surface area contributed by atoms with Crippen LogP contribution in [0, 0.1) is 0 Å². The highest BCUT2D eigenvalue weighted by Crippen LogP contribution is 2.23. The molecule has 0 aliphatic heterocycles. The lowest BCUT2D eigenvalue weighted by Gasteiger charge is -2.24. The van der Waals surface area contributed by atoms with Crippen LogP contribution in [0.15, 0.2) is 60.7 Å². The Morgan fingerprint density at radius 1 is 1.15 bits per heavy atom. The predicted octanol–water partition coefficient (Wildman–Crippen LogP) is 3.93. The summed E-state index contributed by atoms with van der Waals surface area (Å²) in [5.41, 5.74) is 3.76. The lowest BCUT2D eigenvalue weighted by molar-refractivity contribution is -0.131. The van der Waals surface area contributed by atoms with E-state index in [-0.39, 0.29) is 17.7 Å². The van der Waals surface area contributed by atoms with Crippen LogP contribution in [0.25, 0.3) is 11.3 Å². The number of hydrogen-bond acceptors (Lipinski definition) is 3. The molecule has 1 unspecified atom stereocenters. The molecule has 2 N–H and O–H groups in total. The molecular weight excluding hydrogens is 326 g/mol. The number of amides is 1. The third-order valence-corrected chi connectivity index (χ3v) is 4.63. The van der Waals surface area contributed by atoms with Gasteiger partial charge in [0.1, 0.15) is 5.75 Å². The SMILES string of the molecule is CC(c1cc(-c2ccccc2)n[nH]1)N(C)C(=O)CCc1cccc(O)c1. The number of hydrogen-bond donors (Lipinski definition) is 2. The van der Waals surface area contributed by atoms with Gasteiger partial charge in [0.2, 0.25) is 5.91 Å². The van der Waals surface area contributed by atoms with Gasteiger partial charge in [0, 0.05) is 19.0 Å². The van der Waals surface area contributed by atoms with Crippen molar-refractivity contribution in [2.75, 3.05) is 7.05 Å². The minimum atomic E-state index is -0.100. The van der Waals surface area contributed by atoms with Crippen LogP contribution in [-0.2, 0) is 11.2 Å². The number of phenols is 1. The number of aryl methyl sites for hydroxylation is 1. The maximum absolute atomic E-state index is 12.5. The molecule has 1 amide bonds. The summed E-state index contributed by atoms with van der Waals surface area (Å²) >= 11 is 0. The third-order valence-electron chi connectivity index (χ3n) is 4.63. The van der Waals surface area contributed by atoms with E-state index in [1.54, 1.807) is 30.1 Å². The first-order chi connectivity index (χ1) is 12.5. The molecule has 0 radical (unpaired) electrons. The number of nitrogens with one attached hydrogen (secondary N) is 1. The van der Waals surface area contributed by atoms with Gasteiger partial charge >= 0.3 is 0 Å². The second-order valence-corrected chi connectivity index (χ2v) is 6.43. The molecule has 3 aromatic rings. The molecule has 0 saturated carbocycles. The van der Waals surface area contributed by atoms with Crippen LogP contribution < -0.4 is 0 Å². The van der Waals surface area contributed by atoms with Crippen molar-refractivity contribution in [3.63, 3.8) is 0 Å². The summed E-state index contributed by atoms with van der Waals surface area (Å²) < 4.78 is 0. The van der Waals surface area contributed by atoms with Gasteiger partial charge in [0.05, 0.1) is 17.4 Å². The van der Waals surface area contributed by atoms with E-state index in [2.05, 4.69) is 10.2 Å². The van der Waals surface area contributed by atoms with Gasteiger partial charge in [-0.3, -0.25) is 9.89 Å². The zero-order chi connectivity index (χ0) is 18.5. The van der Waals surface area contributed by atoms with Crippen molar-refractivity contribution in [1.82, 2.24) is 15.1 Å². The van der Waals surface area contributed by atoms with Crippen LogP contribution in [0.2, 0.25) is 0 Å². The van der Waals surface area contributed by atoms with E-state index >= 15 is 0 Å². The molecule has 3 rings (SSSR count). The number of nitrogens with zero attached hydrogens (tertiary/aromatic N) is 2. The smallest absolute Gasteiger partial charge is 0.223 e. The number of carbonyl (C=O) groups is 1. The zero-order valence-electron chi connectivity index (χ0n) is 15.0. The average Bonchev–Trinajstić information content (AvgIpc) is 3.16. The van der Waals surface area contributed by atoms with Gasteiger partial charge in [-0.1, -0.05) is 42.5 Å². The van der Waals surface area contributed by atoms with E-state index < -0.39 is 0 Å². The van der Waals surface area contributed by atoms with Gasteiger partial charge < -0.3 is 10.0 Å². The molecule has 2 aromatic carbocycles. The van der Waals surface area contributed by atoms with E-state index in [0.717, 1.165) is 22.5 Å². The molecule has 134 valence electrons. The Balaban J connectivity index is 1.63. The lowest BCUT2D eigenvalue weighted by atomic mass is 10.1. The first kappa shape index (κ1) is 17.7. The van der Waals surface area contributed by atoms with Crippen molar-refractivity contribution in [3.05, 3.63) is 71.9 Å². The standard InChI is InChI=1S/C21H23N3O2/c1-15(19-14-20(23-22-19)17-8-4-3-5-9-17)24(2)21(26)12-11-16-7-6-10-18(25)13-16/h3-10,13-15,25H,11-12H2,1-2H3,(H,22,23). The average molecular weight is 349 g/mol. The Labute approximate surface area is 153 Å². The van der Waals surface area contributed by atoms with Crippen molar-refractivity contribution >= 4 is 5.91 Å². The number of rotatable bonds is 6. The second kappa shape index (κ2) is 7.87. The molecule has 0 saturated heterocycles. The summed E-state index contributed by atoms with van der Waals surface area (Å²) in [7, 11) is 1.80. The minimum absolute atomic E-state index is 0.0525. The van der Waals surface area contributed by atoms with E-state index in [9.17, 15) is 9.90 Å². The molecule has 26 heavy (non-hydrogen) atoms. The summed E-state index contributed by atoms with van der Waals surface area (Å²) in [4.78, 5) is 14.2. The van der Waals surface area contributed by atoms with Crippen LogP contribution in [0.3, 0.4) is 0 Å². The summed E-state index contributed by atoms with van der Waals surface area (Å²) in [5.74, 6) is 0.277. The first-order valence-corrected chi connectivity index (χ1v) is 8.69. The molecule has 5 nitrogen and oxygen atoms in total. The zero-order valence-corrected chi connectivity index (χ0v) is 15.0. The number of aromatic hydroxyl groups is 1. The molecule has 5 heteroatoms. The summed E-state index contributed by atoms with van der Waals surface area (Å²) in [6, 6.07) is 18.8. The minimum Gasteiger partial charge on any atom is -0.508 e. The van der Waals surface area contributed by atoms with E-state index in [0.29, 0.717) is 12.8 Å². The van der Waals surface area contributed by atoms with Gasteiger partial charge in [0.15, 0.2) is 0 Å². The maximum Gasteiger partial charge on any atom is 0.223 e. The van der Waals surface area contributed by atoms with Gasteiger partial charge in [-0.05, 0) is 37.1 Å². The van der Waals surface area contributed by atoms with Gasteiger partial charge in [-0.25, -0.2) is 0 Å². The van der Waals surface area contributed by atoms with Crippen LogP contribution in [0.1, 0.15) is 30.6 Å². The number of benzene rings is 2. The molecule has 0 spiro atoms. The highest BCUT2D eigenvalue weighted by molar-refractivity contribution is 5.76. The van der Waals surface area contributed by atoms with Crippen molar-refractivity contribution in [1.29, 1.82) is 0 Å². The largest absolute Gasteiger partial charge is 0.508 e. The fourth-order valence-corrected chi connectivity index (χ4v) is 2.87. The van der Waals surface area contributed by atoms with Crippen LogP contribution >= 0.6 is 0 Å². The molecule has 0 aliphatic rings. The Morgan fingerprint density at radius 2 is 1.92 bits per heavy atom. The van der Waals surface area contributed by atoms with E-state index in [4.69, 9.17) is 0 Å². The summed E-state index contributed by atoms with van der Waals surface area (Å²) in [6.07, 6.45) is 0.993. The Hall–Kier alpha value is -3.08. The normalized spacial score (nSPS) is 11.9. The first-order valence-electron chi connectivity index (χ1n) is 8.69. The highest BCUT2D eigenvalue weighted by Gasteiger charge is 2.19. The molecule has 1 atom stereocenters. The third kappa shape index (κ3) is 4.11. The Bertz CT molecular complexity index is 874. The van der Waals surface area contributed by atoms with E-state index in [1.807, 2.05) is 49.4 Å². The van der Waals surface area contributed by atoms with Gasteiger partial charge in [0.25, 0.3) is 0 Å². The molecule has 1 heterocycles. The van der Waals surface area contributed by atoms with Crippen molar-refractivity contribution in [2.45, 2.75) is 25.8 Å². The predicted molar refractivity (Wildman–Crippen MR) is 102 cm³/mol. The van der Waals surface area contributed by atoms with Gasteiger partial charge in [-0.2, -0.15) is 5.10 Å². The number of aromatic nitrogens is 2. The molecular formula is C21H23N3O2. The van der Waals surface area contributed by atoms with Crippen molar-refractivity contribution in [2.24, 2.45) is 0 Å². The van der Waals surface area contributed by atoms with E-state index in [1.165, 1.54) is 0 Å². The number of aromatic amines is 1. The van der Waals surface area contributed by atoms with Crippen LogP contribution in [0.4, 0.5) is 0 Å². The summed E-state index contributed by atoms with van der Waals surface area (Å²) in [5, 5.41) is 16.9. The Morgan fingerprint density at radius 3 is 2.65 bits per heavy atom. The molecule has 1 aromatic heterocycles. The maximum atomic E-state index is 12.5.